The number of phenols is 1. The monoisotopic (exact) mass is 229 g/mol. The summed E-state index contributed by atoms with van der Waals surface area (Å²) in [6, 6.07) is 3.91. The minimum atomic E-state index is 0.336. The fourth-order valence-corrected chi connectivity index (χ4v) is 1.61. The van der Waals surface area contributed by atoms with E-state index in [4.69, 9.17) is 0 Å². The summed E-state index contributed by atoms with van der Waals surface area (Å²) in [4.78, 5) is 0. The summed E-state index contributed by atoms with van der Waals surface area (Å²) < 4.78 is 0.789. The molecule has 0 aromatic heterocycles. The van der Waals surface area contributed by atoms with Crippen molar-refractivity contribution >= 4 is 15.9 Å². The Morgan fingerprint density at radius 3 is 2.75 bits per heavy atom. The fraction of sp³-hybridized carbons (Fsp3) is 0.333. The van der Waals surface area contributed by atoms with Crippen LogP contribution in [-0.2, 0) is 6.54 Å². The van der Waals surface area contributed by atoms with Crippen LogP contribution in [0.3, 0.4) is 0 Å². The Hall–Kier alpha value is -0.540. The second-order valence-corrected chi connectivity index (χ2v) is 3.53. The summed E-state index contributed by atoms with van der Waals surface area (Å²) >= 11 is 3.34. The van der Waals surface area contributed by atoms with Crippen molar-refractivity contribution in [3.8, 4) is 5.75 Å². The van der Waals surface area contributed by atoms with E-state index in [2.05, 4.69) is 21.2 Å². The summed E-state index contributed by atoms with van der Waals surface area (Å²) in [5.74, 6) is 0.336. The number of phenolic OH excluding ortho intramolecular Hbond substituents is 1. The molecule has 0 spiro atoms. The third-order valence-electron chi connectivity index (χ3n) is 1.77. The summed E-state index contributed by atoms with van der Waals surface area (Å²) in [5.41, 5.74) is 1.96. The molecule has 1 rings (SSSR count). The molecule has 0 heterocycles. The second kappa shape index (κ2) is 3.92. The standard InChI is InChI=1S/C9H12BrNO/c1-6-3-4-7(5-11-2)8(10)9(6)12/h3-4,11-12H,5H2,1-2H3. The maximum atomic E-state index is 9.54. The van der Waals surface area contributed by atoms with E-state index in [9.17, 15) is 5.11 Å². The molecule has 3 heteroatoms. The van der Waals surface area contributed by atoms with Crippen molar-refractivity contribution < 1.29 is 5.11 Å². The van der Waals surface area contributed by atoms with Gasteiger partial charge in [-0.05, 0) is 41.0 Å². The Kier molecular flexibility index (Phi) is 3.12. The molecule has 2 nitrogen and oxygen atoms in total. The predicted molar refractivity (Wildman–Crippen MR) is 53.3 cm³/mol. The Labute approximate surface area is 80.7 Å². The predicted octanol–water partition coefficient (Wildman–Crippen LogP) is 2.18. The van der Waals surface area contributed by atoms with Crippen LogP contribution >= 0.6 is 15.9 Å². The van der Waals surface area contributed by atoms with Gasteiger partial charge in [0.25, 0.3) is 0 Å². The Bertz CT molecular complexity index is 286. The van der Waals surface area contributed by atoms with Crippen LogP contribution in [0.5, 0.6) is 5.75 Å². The molecule has 0 bridgehead atoms. The van der Waals surface area contributed by atoms with Crippen molar-refractivity contribution in [2.45, 2.75) is 13.5 Å². The SMILES string of the molecule is CNCc1ccc(C)c(O)c1Br. The van der Waals surface area contributed by atoms with E-state index in [0.29, 0.717) is 5.75 Å². The highest BCUT2D eigenvalue weighted by molar-refractivity contribution is 9.10. The third kappa shape index (κ3) is 1.79. The van der Waals surface area contributed by atoms with Crippen LogP contribution < -0.4 is 5.32 Å². The second-order valence-electron chi connectivity index (χ2n) is 2.73. The van der Waals surface area contributed by atoms with Gasteiger partial charge in [-0.2, -0.15) is 0 Å². The average Bonchev–Trinajstić information content (AvgIpc) is 2.07. The maximum Gasteiger partial charge on any atom is 0.132 e. The number of hydrogen-bond acceptors (Lipinski definition) is 2. The van der Waals surface area contributed by atoms with Crippen LogP contribution in [0, 0.1) is 6.92 Å². The zero-order valence-corrected chi connectivity index (χ0v) is 8.77. The summed E-state index contributed by atoms with van der Waals surface area (Å²) in [6.07, 6.45) is 0. The molecule has 1 aromatic carbocycles. The van der Waals surface area contributed by atoms with Crippen LogP contribution in [0.15, 0.2) is 16.6 Å². The zero-order chi connectivity index (χ0) is 9.14. The van der Waals surface area contributed by atoms with Crippen LogP contribution in [-0.4, -0.2) is 12.2 Å². The molecule has 12 heavy (non-hydrogen) atoms. The van der Waals surface area contributed by atoms with Gasteiger partial charge in [-0.15, -0.1) is 0 Å². The minimum absolute atomic E-state index is 0.336. The quantitative estimate of drug-likeness (QED) is 0.816. The fourth-order valence-electron chi connectivity index (χ4n) is 1.03. The minimum Gasteiger partial charge on any atom is -0.506 e. The Morgan fingerprint density at radius 1 is 1.50 bits per heavy atom. The van der Waals surface area contributed by atoms with Gasteiger partial charge >= 0.3 is 0 Å². The maximum absolute atomic E-state index is 9.54. The molecular formula is C9H12BrNO. The number of aromatic hydroxyl groups is 1. The van der Waals surface area contributed by atoms with Crippen LogP contribution in [0.1, 0.15) is 11.1 Å². The van der Waals surface area contributed by atoms with Crippen LogP contribution in [0.2, 0.25) is 0 Å². The van der Waals surface area contributed by atoms with Gasteiger partial charge in [-0.25, -0.2) is 0 Å². The molecule has 0 radical (unpaired) electrons. The van der Waals surface area contributed by atoms with Crippen molar-refractivity contribution in [1.82, 2.24) is 5.32 Å². The molecule has 0 aliphatic rings. The zero-order valence-electron chi connectivity index (χ0n) is 7.19. The molecule has 0 aliphatic carbocycles. The lowest BCUT2D eigenvalue weighted by Gasteiger charge is -2.07. The molecule has 0 saturated heterocycles. The van der Waals surface area contributed by atoms with Crippen LogP contribution in [0.25, 0.3) is 0 Å². The first-order chi connectivity index (χ1) is 5.66. The van der Waals surface area contributed by atoms with Gasteiger partial charge in [0.1, 0.15) is 5.75 Å². The summed E-state index contributed by atoms with van der Waals surface area (Å²) in [6.45, 7) is 2.64. The van der Waals surface area contributed by atoms with E-state index in [1.54, 1.807) is 0 Å². The topological polar surface area (TPSA) is 32.3 Å². The van der Waals surface area contributed by atoms with Gasteiger partial charge in [-0.1, -0.05) is 12.1 Å². The molecule has 1 aromatic rings. The molecule has 0 atom stereocenters. The highest BCUT2D eigenvalue weighted by Gasteiger charge is 2.05. The lowest BCUT2D eigenvalue weighted by atomic mass is 10.1. The van der Waals surface area contributed by atoms with Gasteiger partial charge in [0.2, 0.25) is 0 Å². The van der Waals surface area contributed by atoms with Crippen molar-refractivity contribution in [2.24, 2.45) is 0 Å². The number of benzene rings is 1. The molecule has 0 amide bonds. The van der Waals surface area contributed by atoms with E-state index in [0.717, 1.165) is 22.1 Å². The highest BCUT2D eigenvalue weighted by atomic mass is 79.9. The van der Waals surface area contributed by atoms with Crippen LogP contribution in [0.4, 0.5) is 0 Å². The smallest absolute Gasteiger partial charge is 0.132 e. The van der Waals surface area contributed by atoms with Crippen molar-refractivity contribution in [3.05, 3.63) is 27.7 Å². The first kappa shape index (κ1) is 9.55. The number of nitrogens with one attached hydrogen (secondary N) is 1. The summed E-state index contributed by atoms with van der Waals surface area (Å²) in [7, 11) is 1.88. The molecular weight excluding hydrogens is 218 g/mol. The largest absolute Gasteiger partial charge is 0.506 e. The highest BCUT2D eigenvalue weighted by Crippen LogP contribution is 2.30. The van der Waals surface area contributed by atoms with Gasteiger partial charge in [0.15, 0.2) is 0 Å². The van der Waals surface area contributed by atoms with E-state index in [1.807, 2.05) is 26.1 Å². The van der Waals surface area contributed by atoms with E-state index < -0.39 is 0 Å². The van der Waals surface area contributed by atoms with Crippen molar-refractivity contribution in [3.63, 3.8) is 0 Å². The number of rotatable bonds is 2. The first-order valence-electron chi connectivity index (χ1n) is 3.78. The molecule has 66 valence electrons. The third-order valence-corrected chi connectivity index (χ3v) is 2.65. The van der Waals surface area contributed by atoms with Gasteiger partial charge in [0.05, 0.1) is 4.47 Å². The molecule has 0 saturated carbocycles. The Balaban J connectivity index is 3.08. The lowest BCUT2D eigenvalue weighted by molar-refractivity contribution is 0.466. The normalized spacial score (nSPS) is 10.2. The molecule has 0 aliphatic heterocycles. The molecule has 0 fully saturated rings. The first-order valence-corrected chi connectivity index (χ1v) is 4.57. The van der Waals surface area contributed by atoms with E-state index in [1.165, 1.54) is 0 Å². The number of aryl methyl sites for hydroxylation is 1. The van der Waals surface area contributed by atoms with Gasteiger partial charge in [-0.3, -0.25) is 0 Å². The van der Waals surface area contributed by atoms with Crippen molar-refractivity contribution in [1.29, 1.82) is 0 Å². The lowest BCUT2D eigenvalue weighted by Crippen LogP contribution is -2.05. The number of hydrogen-bond donors (Lipinski definition) is 2. The van der Waals surface area contributed by atoms with Crippen molar-refractivity contribution in [2.75, 3.05) is 7.05 Å². The van der Waals surface area contributed by atoms with Gasteiger partial charge in [0, 0.05) is 6.54 Å². The molecule has 2 N–H and O–H groups in total. The van der Waals surface area contributed by atoms with Gasteiger partial charge < -0.3 is 10.4 Å². The van der Waals surface area contributed by atoms with E-state index >= 15 is 0 Å². The number of halogens is 1. The Morgan fingerprint density at radius 2 is 2.17 bits per heavy atom. The molecule has 0 unspecified atom stereocenters. The van der Waals surface area contributed by atoms with E-state index in [-0.39, 0.29) is 0 Å². The summed E-state index contributed by atoms with van der Waals surface area (Å²) in [5, 5.41) is 12.6. The average molecular weight is 230 g/mol.